The van der Waals surface area contributed by atoms with E-state index in [1.807, 2.05) is 12.1 Å². The number of carbonyl (C=O) groups excluding carboxylic acids is 1. The Kier molecular flexibility index (Phi) is 6.79. The van der Waals surface area contributed by atoms with E-state index in [9.17, 15) is 9.90 Å². The van der Waals surface area contributed by atoms with Gasteiger partial charge < -0.3 is 25.2 Å². The van der Waals surface area contributed by atoms with Crippen molar-refractivity contribution in [3.63, 3.8) is 0 Å². The summed E-state index contributed by atoms with van der Waals surface area (Å²) in [7, 11) is 0. The predicted octanol–water partition coefficient (Wildman–Crippen LogP) is 4.87. The average molecular weight is 553 g/mol. The first-order chi connectivity index (χ1) is 19.6. The van der Waals surface area contributed by atoms with Crippen LogP contribution in [0.1, 0.15) is 35.3 Å². The summed E-state index contributed by atoms with van der Waals surface area (Å²) in [5.74, 6) is 0.622. The molecule has 2 aromatic carbocycles. The molecule has 0 spiro atoms. The molecular weight excluding hydrogens is 520 g/mol. The van der Waals surface area contributed by atoms with Crippen molar-refractivity contribution in [3.05, 3.63) is 72.1 Å². The van der Waals surface area contributed by atoms with E-state index in [4.69, 9.17) is 4.98 Å². The minimum Gasteiger partial charge on any atom is -0.393 e. The molecule has 3 aliphatic heterocycles. The molecule has 0 radical (unpaired) electrons. The highest BCUT2D eigenvalue weighted by atomic mass is 32.2. The fourth-order valence-corrected chi connectivity index (χ4v) is 6.96. The second-order valence-electron chi connectivity index (χ2n) is 10.7. The lowest BCUT2D eigenvalue weighted by molar-refractivity contribution is 0.0824. The molecule has 5 heterocycles. The molecule has 8 nitrogen and oxygen atoms in total. The van der Waals surface area contributed by atoms with Crippen molar-refractivity contribution >= 4 is 29.0 Å². The SMILES string of the molecule is O=C1NCCc2[nH]c(-c3ccnc(-c4ccc5c(c4)N(CCCN4CCC(O)CC4)c4ccccc4S5)n3)cc21. The van der Waals surface area contributed by atoms with Crippen molar-refractivity contribution in [3.8, 4) is 22.8 Å². The summed E-state index contributed by atoms with van der Waals surface area (Å²) in [6.07, 6.45) is 5.21. The number of aromatic amines is 1. The largest absolute Gasteiger partial charge is 0.393 e. The number of hydrogen-bond donors (Lipinski definition) is 3. The maximum Gasteiger partial charge on any atom is 0.253 e. The van der Waals surface area contributed by atoms with Crippen LogP contribution in [0.4, 0.5) is 11.4 Å². The van der Waals surface area contributed by atoms with Crippen molar-refractivity contribution in [2.24, 2.45) is 0 Å². The molecule has 0 atom stereocenters. The normalized spacial score (nSPS) is 17.2. The third kappa shape index (κ3) is 4.89. The summed E-state index contributed by atoms with van der Waals surface area (Å²) in [6, 6.07) is 18.9. The fraction of sp³-hybridized carbons (Fsp3) is 0.323. The number of fused-ring (bicyclic) bond motifs is 3. The number of rotatable bonds is 6. The molecule has 40 heavy (non-hydrogen) atoms. The van der Waals surface area contributed by atoms with Gasteiger partial charge in [-0.05, 0) is 68.3 Å². The Balaban J connectivity index is 1.17. The number of aliphatic hydroxyl groups is 1. The highest BCUT2D eigenvalue weighted by Crippen LogP contribution is 2.49. The van der Waals surface area contributed by atoms with Gasteiger partial charge in [-0.2, -0.15) is 0 Å². The predicted molar refractivity (Wildman–Crippen MR) is 157 cm³/mol. The lowest BCUT2D eigenvalue weighted by Crippen LogP contribution is -2.37. The smallest absolute Gasteiger partial charge is 0.253 e. The van der Waals surface area contributed by atoms with Gasteiger partial charge in [0.15, 0.2) is 5.82 Å². The summed E-state index contributed by atoms with van der Waals surface area (Å²) in [4.78, 5) is 32.6. The summed E-state index contributed by atoms with van der Waals surface area (Å²) in [5, 5.41) is 12.8. The third-order valence-electron chi connectivity index (χ3n) is 8.03. The zero-order valence-corrected chi connectivity index (χ0v) is 23.1. The zero-order valence-electron chi connectivity index (χ0n) is 22.3. The van der Waals surface area contributed by atoms with E-state index in [1.165, 1.54) is 21.2 Å². The molecule has 3 N–H and O–H groups in total. The van der Waals surface area contributed by atoms with Crippen molar-refractivity contribution in [2.45, 2.75) is 41.6 Å². The number of likely N-dealkylation sites (tertiary alicyclic amines) is 1. The molecule has 4 aromatic rings. The van der Waals surface area contributed by atoms with Gasteiger partial charge in [0, 0.05) is 59.8 Å². The fourth-order valence-electron chi connectivity index (χ4n) is 5.88. The minimum absolute atomic E-state index is 0.0385. The number of carbonyl (C=O) groups is 1. The Labute approximate surface area is 237 Å². The molecule has 3 aliphatic rings. The van der Waals surface area contributed by atoms with E-state index < -0.39 is 0 Å². The molecule has 0 saturated carbocycles. The number of benzene rings is 2. The Morgan fingerprint density at radius 3 is 2.73 bits per heavy atom. The molecule has 2 aromatic heterocycles. The van der Waals surface area contributed by atoms with Gasteiger partial charge in [0.2, 0.25) is 0 Å². The van der Waals surface area contributed by atoms with Gasteiger partial charge in [0.25, 0.3) is 5.91 Å². The maximum atomic E-state index is 12.3. The molecule has 7 rings (SSSR count). The topological polar surface area (TPSA) is 97.4 Å². The van der Waals surface area contributed by atoms with Crippen molar-refractivity contribution in [2.75, 3.05) is 37.6 Å². The first-order valence-electron chi connectivity index (χ1n) is 14.1. The van der Waals surface area contributed by atoms with Crippen LogP contribution in [0.2, 0.25) is 0 Å². The van der Waals surface area contributed by atoms with Gasteiger partial charge in [-0.25, -0.2) is 9.97 Å². The third-order valence-corrected chi connectivity index (χ3v) is 9.16. The van der Waals surface area contributed by atoms with Crippen molar-refractivity contribution in [1.82, 2.24) is 25.2 Å². The monoisotopic (exact) mass is 552 g/mol. The van der Waals surface area contributed by atoms with Crippen LogP contribution >= 0.6 is 11.8 Å². The van der Waals surface area contributed by atoms with Crippen LogP contribution in [0.25, 0.3) is 22.8 Å². The van der Waals surface area contributed by atoms with Gasteiger partial charge in [0.1, 0.15) is 0 Å². The number of H-pyrrole nitrogens is 1. The summed E-state index contributed by atoms with van der Waals surface area (Å²) < 4.78 is 0. The van der Waals surface area contributed by atoms with Crippen LogP contribution in [0.15, 0.2) is 70.6 Å². The number of nitrogens with one attached hydrogen (secondary N) is 2. The highest BCUT2D eigenvalue weighted by molar-refractivity contribution is 7.99. The molecule has 1 amide bonds. The number of hydrogen-bond acceptors (Lipinski definition) is 7. The van der Waals surface area contributed by atoms with E-state index in [1.54, 1.807) is 18.0 Å². The van der Waals surface area contributed by atoms with Crippen LogP contribution in [0, 0.1) is 0 Å². The van der Waals surface area contributed by atoms with Crippen LogP contribution in [-0.2, 0) is 6.42 Å². The van der Waals surface area contributed by atoms with Gasteiger partial charge in [-0.3, -0.25) is 4.79 Å². The Morgan fingerprint density at radius 1 is 1.00 bits per heavy atom. The van der Waals surface area contributed by atoms with E-state index in [0.29, 0.717) is 17.9 Å². The number of anilines is 2. The second-order valence-corrected chi connectivity index (χ2v) is 11.8. The molecule has 9 heteroatoms. The van der Waals surface area contributed by atoms with Crippen molar-refractivity contribution < 1.29 is 9.90 Å². The van der Waals surface area contributed by atoms with Gasteiger partial charge in [-0.15, -0.1) is 0 Å². The van der Waals surface area contributed by atoms with Gasteiger partial charge >= 0.3 is 0 Å². The maximum absolute atomic E-state index is 12.3. The lowest BCUT2D eigenvalue weighted by Gasteiger charge is -2.34. The second kappa shape index (κ2) is 10.7. The molecule has 1 fully saturated rings. The number of amides is 1. The average Bonchev–Trinajstić information content (AvgIpc) is 3.44. The van der Waals surface area contributed by atoms with E-state index in [0.717, 1.165) is 74.5 Å². The molecule has 0 unspecified atom stereocenters. The van der Waals surface area contributed by atoms with E-state index >= 15 is 0 Å². The van der Waals surface area contributed by atoms with Crippen LogP contribution < -0.4 is 10.2 Å². The number of aliphatic hydroxyl groups excluding tert-OH is 1. The number of piperidine rings is 1. The zero-order chi connectivity index (χ0) is 27.1. The first kappa shape index (κ1) is 25.3. The molecule has 1 saturated heterocycles. The number of nitrogens with zero attached hydrogens (tertiary/aromatic N) is 4. The minimum atomic E-state index is -0.143. The van der Waals surface area contributed by atoms with E-state index in [2.05, 4.69) is 67.5 Å². The number of aromatic nitrogens is 3. The highest BCUT2D eigenvalue weighted by Gasteiger charge is 2.25. The molecular formula is C31H32N6O2S. The van der Waals surface area contributed by atoms with Crippen LogP contribution in [0.3, 0.4) is 0 Å². The lowest BCUT2D eigenvalue weighted by atomic mass is 10.1. The van der Waals surface area contributed by atoms with E-state index in [-0.39, 0.29) is 12.0 Å². The van der Waals surface area contributed by atoms with Gasteiger partial charge in [0.05, 0.1) is 34.4 Å². The Morgan fingerprint density at radius 2 is 1.85 bits per heavy atom. The van der Waals surface area contributed by atoms with Gasteiger partial charge in [-0.1, -0.05) is 23.9 Å². The molecule has 0 aliphatic carbocycles. The Bertz CT molecular complexity index is 1560. The summed E-state index contributed by atoms with van der Waals surface area (Å²) in [6.45, 7) is 4.52. The first-order valence-corrected chi connectivity index (χ1v) is 14.9. The summed E-state index contributed by atoms with van der Waals surface area (Å²) in [5.41, 5.74) is 6.63. The Hall–Kier alpha value is -3.66. The molecule has 204 valence electrons. The summed E-state index contributed by atoms with van der Waals surface area (Å²) >= 11 is 1.80. The van der Waals surface area contributed by atoms with Crippen LogP contribution in [-0.4, -0.2) is 69.7 Å². The van der Waals surface area contributed by atoms with Crippen LogP contribution in [0.5, 0.6) is 0 Å². The molecule has 0 bridgehead atoms. The number of para-hydroxylation sites is 1. The van der Waals surface area contributed by atoms with Crippen molar-refractivity contribution in [1.29, 1.82) is 0 Å². The quantitative estimate of drug-likeness (QED) is 0.314. The standard InChI is InChI=1S/C31H32N6O2S/c38-21-10-16-36(17-11-21)14-3-15-37-26-4-1-2-5-28(26)40-29-7-6-20(18-27(29)37)30-32-12-9-24(35-30)25-19-22-23(34-25)8-13-33-31(22)39/h1-2,4-7,9,12,18-19,21,34,38H,3,8,10-11,13-17H2,(H,33,39).